The highest BCUT2D eigenvalue weighted by Crippen LogP contribution is 2.13. The molecule has 0 aliphatic carbocycles. The van der Waals surface area contributed by atoms with Gasteiger partial charge in [0.05, 0.1) is 0 Å². The highest BCUT2D eigenvalue weighted by atomic mass is 19.1. The summed E-state index contributed by atoms with van der Waals surface area (Å²) in [7, 11) is 0. The van der Waals surface area contributed by atoms with Gasteiger partial charge in [0.1, 0.15) is 5.82 Å². The summed E-state index contributed by atoms with van der Waals surface area (Å²) < 4.78 is 13.0. The lowest BCUT2D eigenvalue weighted by Crippen LogP contribution is -2.24. The quantitative estimate of drug-likeness (QED) is 0.580. The Labute approximate surface area is 89.2 Å². The Kier molecular flexibility index (Phi) is 3.66. The summed E-state index contributed by atoms with van der Waals surface area (Å²) in [5, 5.41) is 2.90. The molecule has 0 saturated carbocycles. The zero-order valence-corrected chi connectivity index (χ0v) is 9.21. The minimum Gasteiger partial charge on any atom is -0.370 e. The second-order valence-corrected chi connectivity index (χ2v) is 3.70. The van der Waals surface area contributed by atoms with Crippen molar-refractivity contribution in [1.29, 1.82) is 0 Å². The first-order valence-electron chi connectivity index (χ1n) is 4.85. The van der Waals surface area contributed by atoms with E-state index in [1.165, 1.54) is 6.07 Å². The van der Waals surface area contributed by atoms with Crippen LogP contribution in [0.15, 0.2) is 23.2 Å². The van der Waals surface area contributed by atoms with Crippen molar-refractivity contribution < 1.29 is 4.39 Å². The molecule has 0 saturated heterocycles. The van der Waals surface area contributed by atoms with Gasteiger partial charge in [-0.1, -0.05) is 0 Å². The van der Waals surface area contributed by atoms with Gasteiger partial charge in [-0.05, 0) is 44.5 Å². The number of rotatable bonds is 2. The van der Waals surface area contributed by atoms with Crippen molar-refractivity contribution in [2.75, 3.05) is 5.32 Å². The molecule has 0 fully saturated rings. The fourth-order valence-electron chi connectivity index (χ4n) is 1.18. The molecule has 4 heteroatoms. The number of nitrogens with zero attached hydrogens (tertiary/aromatic N) is 1. The SMILES string of the molecule is Cc1cc(NC(N)=NC(C)C)ccc1F. The molecule has 0 radical (unpaired) electrons. The van der Waals surface area contributed by atoms with Crippen LogP contribution >= 0.6 is 0 Å². The van der Waals surface area contributed by atoms with Crippen LogP contribution in [0.1, 0.15) is 19.4 Å². The van der Waals surface area contributed by atoms with Crippen LogP contribution in [0.4, 0.5) is 10.1 Å². The molecule has 82 valence electrons. The highest BCUT2D eigenvalue weighted by molar-refractivity contribution is 5.92. The Morgan fingerprint density at radius 2 is 2.13 bits per heavy atom. The lowest BCUT2D eigenvalue weighted by molar-refractivity contribution is 0.619. The molecule has 0 amide bonds. The van der Waals surface area contributed by atoms with Crippen molar-refractivity contribution in [1.82, 2.24) is 0 Å². The monoisotopic (exact) mass is 209 g/mol. The third-order valence-corrected chi connectivity index (χ3v) is 1.83. The Balaban J connectivity index is 2.77. The van der Waals surface area contributed by atoms with Gasteiger partial charge in [-0.25, -0.2) is 4.39 Å². The lowest BCUT2D eigenvalue weighted by atomic mass is 10.2. The van der Waals surface area contributed by atoms with Crippen LogP contribution in [0.5, 0.6) is 0 Å². The Hall–Kier alpha value is -1.58. The maximum absolute atomic E-state index is 13.0. The molecule has 0 atom stereocenters. The second kappa shape index (κ2) is 4.77. The molecule has 3 nitrogen and oxygen atoms in total. The number of aliphatic imine (C=N–C) groups is 1. The molecule has 0 aliphatic heterocycles. The predicted molar refractivity (Wildman–Crippen MR) is 61.5 cm³/mol. The number of guanidine groups is 1. The summed E-state index contributed by atoms with van der Waals surface area (Å²) >= 11 is 0. The van der Waals surface area contributed by atoms with E-state index in [0.717, 1.165) is 5.69 Å². The third-order valence-electron chi connectivity index (χ3n) is 1.83. The second-order valence-electron chi connectivity index (χ2n) is 3.70. The Morgan fingerprint density at radius 3 is 2.67 bits per heavy atom. The fraction of sp³-hybridized carbons (Fsp3) is 0.364. The van der Waals surface area contributed by atoms with Crippen molar-refractivity contribution in [2.45, 2.75) is 26.8 Å². The number of hydrogen-bond acceptors (Lipinski definition) is 1. The topological polar surface area (TPSA) is 50.4 Å². The molecule has 0 unspecified atom stereocenters. The molecule has 1 aromatic carbocycles. The van der Waals surface area contributed by atoms with Gasteiger partial charge in [-0.2, -0.15) is 0 Å². The zero-order chi connectivity index (χ0) is 11.4. The molecule has 1 aromatic rings. The molecule has 0 aromatic heterocycles. The van der Waals surface area contributed by atoms with E-state index in [9.17, 15) is 4.39 Å². The van der Waals surface area contributed by atoms with E-state index < -0.39 is 0 Å². The third kappa shape index (κ3) is 3.58. The Morgan fingerprint density at radius 1 is 1.47 bits per heavy atom. The number of anilines is 1. The molecular formula is C11H16FN3. The van der Waals surface area contributed by atoms with Gasteiger partial charge in [0.15, 0.2) is 5.96 Å². The van der Waals surface area contributed by atoms with Crippen molar-refractivity contribution >= 4 is 11.6 Å². The molecular weight excluding hydrogens is 193 g/mol. The average Bonchev–Trinajstić information content (AvgIpc) is 2.10. The van der Waals surface area contributed by atoms with Crippen LogP contribution in [0.2, 0.25) is 0 Å². The Bertz CT molecular complexity index is 372. The van der Waals surface area contributed by atoms with Crippen LogP contribution in [-0.2, 0) is 0 Å². The van der Waals surface area contributed by atoms with Gasteiger partial charge in [0.25, 0.3) is 0 Å². The van der Waals surface area contributed by atoms with E-state index in [4.69, 9.17) is 5.73 Å². The van der Waals surface area contributed by atoms with E-state index in [0.29, 0.717) is 11.5 Å². The minimum absolute atomic E-state index is 0.138. The molecule has 0 bridgehead atoms. The van der Waals surface area contributed by atoms with E-state index in [1.807, 2.05) is 13.8 Å². The number of aryl methyl sites for hydroxylation is 1. The molecule has 15 heavy (non-hydrogen) atoms. The van der Waals surface area contributed by atoms with Crippen LogP contribution in [0, 0.1) is 12.7 Å². The van der Waals surface area contributed by atoms with Crippen molar-refractivity contribution in [3.63, 3.8) is 0 Å². The van der Waals surface area contributed by atoms with E-state index in [2.05, 4.69) is 10.3 Å². The normalized spacial score (nSPS) is 11.9. The van der Waals surface area contributed by atoms with Gasteiger partial charge < -0.3 is 11.1 Å². The number of nitrogens with one attached hydrogen (secondary N) is 1. The van der Waals surface area contributed by atoms with Gasteiger partial charge in [0, 0.05) is 11.7 Å². The minimum atomic E-state index is -0.222. The van der Waals surface area contributed by atoms with Gasteiger partial charge in [0.2, 0.25) is 0 Å². The van der Waals surface area contributed by atoms with Gasteiger partial charge in [-0.3, -0.25) is 4.99 Å². The van der Waals surface area contributed by atoms with Crippen LogP contribution in [0.25, 0.3) is 0 Å². The summed E-state index contributed by atoms with van der Waals surface area (Å²) in [6.45, 7) is 5.57. The summed E-state index contributed by atoms with van der Waals surface area (Å²) in [6, 6.07) is 4.86. The van der Waals surface area contributed by atoms with E-state index >= 15 is 0 Å². The first kappa shape index (κ1) is 11.5. The smallest absolute Gasteiger partial charge is 0.193 e. The van der Waals surface area contributed by atoms with Gasteiger partial charge in [-0.15, -0.1) is 0 Å². The van der Waals surface area contributed by atoms with Crippen molar-refractivity contribution in [3.8, 4) is 0 Å². The maximum Gasteiger partial charge on any atom is 0.193 e. The average molecular weight is 209 g/mol. The zero-order valence-electron chi connectivity index (χ0n) is 9.21. The number of benzene rings is 1. The molecule has 1 rings (SSSR count). The van der Waals surface area contributed by atoms with Crippen LogP contribution in [0.3, 0.4) is 0 Å². The standard InChI is InChI=1S/C11H16FN3/c1-7(2)14-11(13)15-9-4-5-10(12)8(3)6-9/h4-7H,1-3H3,(H3,13,14,15). The van der Waals surface area contributed by atoms with Crippen molar-refractivity contribution in [2.24, 2.45) is 10.7 Å². The first-order chi connectivity index (χ1) is 6.99. The summed E-state index contributed by atoms with van der Waals surface area (Å²) in [4.78, 5) is 4.11. The van der Waals surface area contributed by atoms with E-state index in [1.54, 1.807) is 19.1 Å². The lowest BCUT2D eigenvalue weighted by Gasteiger charge is -2.07. The predicted octanol–water partition coefficient (Wildman–Crippen LogP) is 2.27. The largest absolute Gasteiger partial charge is 0.370 e. The van der Waals surface area contributed by atoms with Crippen molar-refractivity contribution in [3.05, 3.63) is 29.6 Å². The van der Waals surface area contributed by atoms with Crippen LogP contribution in [-0.4, -0.2) is 12.0 Å². The molecule has 0 heterocycles. The summed E-state index contributed by atoms with van der Waals surface area (Å²) in [5.74, 6) is 0.121. The fourth-order valence-corrected chi connectivity index (χ4v) is 1.18. The number of nitrogens with two attached hydrogens (primary N) is 1. The maximum atomic E-state index is 13.0. The molecule has 0 spiro atoms. The van der Waals surface area contributed by atoms with Gasteiger partial charge >= 0.3 is 0 Å². The highest BCUT2D eigenvalue weighted by Gasteiger charge is 2.00. The first-order valence-corrected chi connectivity index (χ1v) is 4.85. The summed E-state index contributed by atoms with van der Waals surface area (Å²) in [6.07, 6.45) is 0. The van der Waals surface area contributed by atoms with E-state index in [-0.39, 0.29) is 11.9 Å². The number of hydrogen-bond donors (Lipinski definition) is 2. The summed E-state index contributed by atoms with van der Waals surface area (Å²) in [5.41, 5.74) is 6.97. The van der Waals surface area contributed by atoms with Crippen LogP contribution < -0.4 is 11.1 Å². The number of halogens is 1. The molecule has 0 aliphatic rings. The molecule has 3 N–H and O–H groups in total.